The van der Waals surface area contributed by atoms with Gasteiger partial charge in [-0.15, -0.1) is 0 Å². The summed E-state index contributed by atoms with van der Waals surface area (Å²) < 4.78 is 5.83. The van der Waals surface area contributed by atoms with E-state index in [1.807, 2.05) is 0 Å². The van der Waals surface area contributed by atoms with Gasteiger partial charge in [-0.05, 0) is 26.2 Å². The first-order chi connectivity index (χ1) is 7.56. The lowest BCUT2D eigenvalue weighted by Gasteiger charge is -2.31. The van der Waals surface area contributed by atoms with Crippen LogP contribution in [0.4, 0.5) is 0 Å². The molecule has 0 radical (unpaired) electrons. The van der Waals surface area contributed by atoms with E-state index in [1.165, 1.54) is 25.7 Å². The van der Waals surface area contributed by atoms with Crippen molar-refractivity contribution in [3.8, 4) is 0 Å². The van der Waals surface area contributed by atoms with Crippen LogP contribution in [0.1, 0.15) is 52.9 Å². The average Bonchev–Trinajstić information content (AvgIpc) is 2.69. The molecule has 0 aliphatic heterocycles. The van der Waals surface area contributed by atoms with Gasteiger partial charge in [0.15, 0.2) is 0 Å². The van der Waals surface area contributed by atoms with E-state index in [0.717, 1.165) is 13.0 Å². The van der Waals surface area contributed by atoms with Crippen molar-refractivity contribution in [2.24, 2.45) is 0 Å². The summed E-state index contributed by atoms with van der Waals surface area (Å²) in [6, 6.07) is 0.392. The van der Waals surface area contributed by atoms with E-state index in [9.17, 15) is 5.11 Å². The minimum atomic E-state index is -0.202. The number of rotatable bonds is 7. The number of ether oxygens (including phenoxy) is 1. The van der Waals surface area contributed by atoms with Gasteiger partial charge < -0.3 is 15.2 Å². The molecule has 96 valence electrons. The Bertz CT molecular complexity index is 190. The van der Waals surface area contributed by atoms with Crippen LogP contribution >= 0.6 is 0 Å². The smallest absolute Gasteiger partial charge is 0.0611 e. The lowest BCUT2D eigenvalue weighted by Crippen LogP contribution is -2.49. The first-order valence-corrected chi connectivity index (χ1v) is 6.56. The Hall–Kier alpha value is -0.120. The van der Waals surface area contributed by atoms with Crippen LogP contribution in [-0.4, -0.2) is 36.0 Å². The Labute approximate surface area is 99.6 Å². The molecule has 0 aromatic heterocycles. The topological polar surface area (TPSA) is 41.5 Å². The molecule has 3 heteroatoms. The van der Waals surface area contributed by atoms with Gasteiger partial charge in [-0.3, -0.25) is 0 Å². The predicted octanol–water partition coefficient (Wildman–Crippen LogP) is 2.08. The number of hydrogen-bond donors (Lipinski definition) is 2. The summed E-state index contributed by atoms with van der Waals surface area (Å²) in [5, 5.41) is 12.8. The third-order valence-electron chi connectivity index (χ3n) is 3.30. The molecular weight excluding hydrogens is 202 g/mol. The van der Waals surface area contributed by atoms with Crippen molar-refractivity contribution in [2.45, 2.75) is 70.6 Å². The molecule has 16 heavy (non-hydrogen) atoms. The van der Waals surface area contributed by atoms with Crippen LogP contribution in [-0.2, 0) is 4.74 Å². The molecule has 0 aromatic carbocycles. The standard InChI is InChI=1S/C13H27NO2/c1-11(2)14-13(3,10-15)8-9-16-12-6-4-5-7-12/h11-12,14-15H,4-10H2,1-3H3. The summed E-state index contributed by atoms with van der Waals surface area (Å²) in [6.07, 6.45) is 6.40. The summed E-state index contributed by atoms with van der Waals surface area (Å²) in [5.74, 6) is 0. The van der Waals surface area contributed by atoms with Gasteiger partial charge in [0.05, 0.1) is 12.7 Å². The maximum Gasteiger partial charge on any atom is 0.0611 e. The second-order valence-electron chi connectivity index (χ2n) is 5.55. The van der Waals surface area contributed by atoms with Crippen LogP contribution in [0.5, 0.6) is 0 Å². The van der Waals surface area contributed by atoms with Crippen LogP contribution in [0.3, 0.4) is 0 Å². The fourth-order valence-electron chi connectivity index (χ4n) is 2.40. The van der Waals surface area contributed by atoms with E-state index in [-0.39, 0.29) is 12.1 Å². The van der Waals surface area contributed by atoms with E-state index < -0.39 is 0 Å². The van der Waals surface area contributed by atoms with E-state index in [0.29, 0.717) is 12.1 Å². The second-order valence-corrected chi connectivity index (χ2v) is 5.55. The van der Waals surface area contributed by atoms with Crippen molar-refractivity contribution in [3.63, 3.8) is 0 Å². The third kappa shape index (κ3) is 4.81. The summed E-state index contributed by atoms with van der Waals surface area (Å²) in [5.41, 5.74) is -0.202. The summed E-state index contributed by atoms with van der Waals surface area (Å²) in [7, 11) is 0. The van der Waals surface area contributed by atoms with Crippen molar-refractivity contribution in [2.75, 3.05) is 13.2 Å². The Morgan fingerprint density at radius 2 is 2.00 bits per heavy atom. The monoisotopic (exact) mass is 229 g/mol. The molecular formula is C13H27NO2. The van der Waals surface area contributed by atoms with Gasteiger partial charge >= 0.3 is 0 Å². The third-order valence-corrected chi connectivity index (χ3v) is 3.30. The second kappa shape index (κ2) is 6.58. The highest BCUT2D eigenvalue weighted by Crippen LogP contribution is 2.21. The van der Waals surface area contributed by atoms with E-state index in [1.54, 1.807) is 0 Å². The molecule has 1 saturated carbocycles. The normalized spacial score (nSPS) is 21.6. The average molecular weight is 229 g/mol. The van der Waals surface area contributed by atoms with Gasteiger partial charge in [0.2, 0.25) is 0 Å². The highest BCUT2D eigenvalue weighted by Gasteiger charge is 2.24. The van der Waals surface area contributed by atoms with Gasteiger partial charge in [0.1, 0.15) is 0 Å². The first kappa shape index (κ1) is 13.9. The van der Waals surface area contributed by atoms with E-state index >= 15 is 0 Å². The van der Waals surface area contributed by atoms with Gasteiger partial charge in [-0.25, -0.2) is 0 Å². The largest absolute Gasteiger partial charge is 0.394 e. The van der Waals surface area contributed by atoms with Crippen LogP contribution in [0.15, 0.2) is 0 Å². The number of aliphatic hydroxyl groups is 1. The molecule has 0 aromatic rings. The molecule has 1 fully saturated rings. The van der Waals surface area contributed by atoms with Crippen molar-refractivity contribution < 1.29 is 9.84 Å². The SMILES string of the molecule is CC(C)NC(C)(CO)CCOC1CCCC1. The molecule has 0 spiro atoms. The van der Waals surface area contributed by atoms with Crippen LogP contribution in [0.2, 0.25) is 0 Å². The highest BCUT2D eigenvalue weighted by atomic mass is 16.5. The first-order valence-electron chi connectivity index (χ1n) is 6.56. The predicted molar refractivity (Wildman–Crippen MR) is 66.6 cm³/mol. The molecule has 1 aliphatic rings. The molecule has 0 bridgehead atoms. The number of hydrogen-bond acceptors (Lipinski definition) is 3. The Morgan fingerprint density at radius 3 is 2.50 bits per heavy atom. The molecule has 0 heterocycles. The van der Waals surface area contributed by atoms with Crippen LogP contribution < -0.4 is 5.32 Å². The maximum absolute atomic E-state index is 9.41. The van der Waals surface area contributed by atoms with Crippen molar-refractivity contribution >= 4 is 0 Å². The fourth-order valence-corrected chi connectivity index (χ4v) is 2.40. The molecule has 1 rings (SSSR count). The molecule has 1 unspecified atom stereocenters. The zero-order valence-corrected chi connectivity index (χ0v) is 11.0. The summed E-state index contributed by atoms with van der Waals surface area (Å²) in [6.45, 7) is 7.18. The molecule has 1 aliphatic carbocycles. The molecule has 2 N–H and O–H groups in total. The van der Waals surface area contributed by atoms with E-state index in [4.69, 9.17) is 4.74 Å². The zero-order valence-electron chi connectivity index (χ0n) is 11.0. The van der Waals surface area contributed by atoms with Gasteiger partial charge in [0, 0.05) is 18.2 Å². The quantitative estimate of drug-likeness (QED) is 0.702. The van der Waals surface area contributed by atoms with Crippen LogP contribution in [0, 0.1) is 0 Å². The lowest BCUT2D eigenvalue weighted by atomic mass is 9.98. The van der Waals surface area contributed by atoms with Gasteiger partial charge in [-0.1, -0.05) is 26.7 Å². The zero-order chi connectivity index (χ0) is 12.0. The number of nitrogens with one attached hydrogen (secondary N) is 1. The minimum Gasteiger partial charge on any atom is -0.394 e. The Balaban J connectivity index is 2.21. The highest BCUT2D eigenvalue weighted by molar-refractivity contribution is 4.84. The Morgan fingerprint density at radius 1 is 1.38 bits per heavy atom. The molecule has 3 nitrogen and oxygen atoms in total. The van der Waals surface area contributed by atoms with Gasteiger partial charge in [-0.2, -0.15) is 0 Å². The van der Waals surface area contributed by atoms with Crippen LogP contribution in [0.25, 0.3) is 0 Å². The van der Waals surface area contributed by atoms with Crippen molar-refractivity contribution in [1.82, 2.24) is 5.32 Å². The Kier molecular flexibility index (Phi) is 5.73. The van der Waals surface area contributed by atoms with Crippen molar-refractivity contribution in [3.05, 3.63) is 0 Å². The molecule has 0 amide bonds. The fraction of sp³-hybridized carbons (Fsp3) is 1.00. The molecule has 1 atom stereocenters. The maximum atomic E-state index is 9.41. The van der Waals surface area contributed by atoms with Crippen molar-refractivity contribution in [1.29, 1.82) is 0 Å². The van der Waals surface area contributed by atoms with E-state index in [2.05, 4.69) is 26.1 Å². The van der Waals surface area contributed by atoms with Gasteiger partial charge in [0.25, 0.3) is 0 Å². The molecule has 0 saturated heterocycles. The summed E-state index contributed by atoms with van der Waals surface area (Å²) in [4.78, 5) is 0. The lowest BCUT2D eigenvalue weighted by molar-refractivity contribution is 0.0333. The minimum absolute atomic E-state index is 0.166. The summed E-state index contributed by atoms with van der Waals surface area (Å²) >= 11 is 0. The number of aliphatic hydroxyl groups excluding tert-OH is 1.